The van der Waals surface area contributed by atoms with E-state index < -0.39 is 5.41 Å². The molecule has 0 saturated carbocycles. The lowest BCUT2D eigenvalue weighted by Crippen LogP contribution is -2.35. The van der Waals surface area contributed by atoms with E-state index in [1.165, 1.54) is 38.6 Å². The van der Waals surface area contributed by atoms with Crippen LogP contribution < -0.4 is 0 Å². The number of nitrogens with zero attached hydrogens (tertiary/aromatic N) is 5. The molecule has 0 radical (unpaired) electrons. The second kappa shape index (κ2) is 18.2. The van der Waals surface area contributed by atoms with Gasteiger partial charge in [0, 0.05) is 43.9 Å². The molecule has 4 heterocycles. The molecular weight excluding hydrogens is 923 g/mol. The molecule has 3 aromatic heterocycles. The molecule has 0 amide bonds. The molecule has 358 valence electrons. The number of benzene rings is 10. The standard InChI is InChI=1S/C71H49N5/c1-3-4-10-23-47(2)51-36-39-63-57(42-51)58-43-52(48-24-11-5-12-25-48)37-40-64(58)75(63)56-38-41-65-59(46-56)60-44-53(70-73-68(49-26-13-6-14-27-49)72-69(74-70)50-28-15-7-16-29-50)45-62-67(60)76(65)66-35-22-21-34-61(66)71(62,54-30-17-8-18-31-54)55-32-19-9-20-33-55/h3-46H,2H2,1H3/b4-3-,23-10-. The van der Waals surface area contributed by atoms with Crippen LogP contribution in [0.4, 0.5) is 0 Å². The van der Waals surface area contributed by atoms with Crippen LogP contribution in [-0.4, -0.2) is 24.1 Å². The molecule has 0 saturated heterocycles. The van der Waals surface area contributed by atoms with Crippen LogP contribution in [0.25, 0.3) is 106 Å². The normalized spacial score (nSPS) is 12.9. The average Bonchev–Trinajstić information content (AvgIpc) is 4.03. The van der Waals surface area contributed by atoms with Crippen molar-refractivity contribution in [3.05, 3.63) is 301 Å². The van der Waals surface area contributed by atoms with Crippen LogP contribution in [0.5, 0.6) is 0 Å². The van der Waals surface area contributed by atoms with E-state index in [4.69, 9.17) is 15.0 Å². The van der Waals surface area contributed by atoms with Gasteiger partial charge in [0.2, 0.25) is 0 Å². The van der Waals surface area contributed by atoms with Crippen molar-refractivity contribution in [2.75, 3.05) is 0 Å². The summed E-state index contributed by atoms with van der Waals surface area (Å²) in [6.45, 7) is 6.52. The first-order chi connectivity index (χ1) is 37.6. The third-order valence-electron chi connectivity index (χ3n) is 15.3. The molecule has 10 aromatic carbocycles. The molecule has 5 heteroatoms. The van der Waals surface area contributed by atoms with Crippen molar-refractivity contribution in [2.45, 2.75) is 12.3 Å². The molecule has 14 rings (SSSR count). The van der Waals surface area contributed by atoms with Gasteiger partial charge in [0.25, 0.3) is 0 Å². The van der Waals surface area contributed by atoms with Gasteiger partial charge in [0.05, 0.1) is 33.2 Å². The Hall–Kier alpha value is -9.97. The number of aromatic nitrogens is 5. The minimum atomic E-state index is -0.731. The van der Waals surface area contributed by atoms with E-state index in [0.29, 0.717) is 17.5 Å². The molecule has 0 N–H and O–H groups in total. The fourth-order valence-electron chi connectivity index (χ4n) is 11.9. The van der Waals surface area contributed by atoms with Crippen LogP contribution in [0.15, 0.2) is 274 Å². The largest absolute Gasteiger partial charge is 0.309 e. The number of hydrogen-bond acceptors (Lipinski definition) is 3. The Kier molecular flexibility index (Phi) is 10.7. The summed E-state index contributed by atoms with van der Waals surface area (Å²) in [5, 5.41) is 4.57. The smallest absolute Gasteiger partial charge is 0.164 e. The molecule has 0 spiro atoms. The minimum absolute atomic E-state index is 0.603. The van der Waals surface area contributed by atoms with Gasteiger partial charge in [-0.05, 0) is 112 Å². The van der Waals surface area contributed by atoms with E-state index in [9.17, 15) is 0 Å². The van der Waals surface area contributed by atoms with Gasteiger partial charge in [-0.15, -0.1) is 0 Å². The highest BCUT2D eigenvalue weighted by atomic mass is 15.0. The van der Waals surface area contributed by atoms with Gasteiger partial charge in [-0.2, -0.15) is 0 Å². The second-order valence-corrected chi connectivity index (χ2v) is 19.6. The monoisotopic (exact) mass is 971 g/mol. The Bertz CT molecular complexity index is 4360. The van der Waals surface area contributed by atoms with E-state index in [-0.39, 0.29) is 0 Å². The Morgan fingerprint density at radius 1 is 0.408 bits per heavy atom. The lowest BCUT2D eigenvalue weighted by molar-refractivity contribution is 0.728. The van der Waals surface area contributed by atoms with Crippen molar-refractivity contribution in [3.8, 4) is 56.7 Å². The van der Waals surface area contributed by atoms with Gasteiger partial charge in [-0.3, -0.25) is 0 Å². The summed E-state index contributed by atoms with van der Waals surface area (Å²) < 4.78 is 4.94. The van der Waals surface area contributed by atoms with Gasteiger partial charge in [-0.25, -0.2) is 15.0 Å². The van der Waals surface area contributed by atoms with Crippen LogP contribution in [0, 0.1) is 0 Å². The van der Waals surface area contributed by atoms with Crippen LogP contribution in [0.1, 0.15) is 34.7 Å². The molecule has 5 nitrogen and oxygen atoms in total. The molecule has 13 aromatic rings. The average molecular weight is 972 g/mol. The number of fused-ring (bicyclic) bond motifs is 8. The molecule has 76 heavy (non-hydrogen) atoms. The summed E-state index contributed by atoms with van der Waals surface area (Å²) >= 11 is 0. The summed E-state index contributed by atoms with van der Waals surface area (Å²) in [5.74, 6) is 1.84. The molecular formula is C71H49N5. The summed E-state index contributed by atoms with van der Waals surface area (Å²) in [4.78, 5) is 15.9. The fourth-order valence-corrected chi connectivity index (χ4v) is 11.9. The first kappa shape index (κ1) is 44.7. The van der Waals surface area contributed by atoms with Crippen LogP contribution in [0.3, 0.4) is 0 Å². The zero-order valence-electron chi connectivity index (χ0n) is 41.8. The maximum absolute atomic E-state index is 5.37. The fraction of sp³-hybridized carbons (Fsp3) is 0.0282. The van der Waals surface area contributed by atoms with Crippen molar-refractivity contribution in [3.63, 3.8) is 0 Å². The Morgan fingerprint density at radius 2 is 0.908 bits per heavy atom. The van der Waals surface area contributed by atoms with Crippen molar-refractivity contribution in [1.29, 1.82) is 0 Å². The summed E-state index contributed by atoms with van der Waals surface area (Å²) in [5.41, 5.74) is 17.8. The molecule has 1 aliphatic heterocycles. The Morgan fingerprint density at radius 3 is 1.54 bits per heavy atom. The van der Waals surface area contributed by atoms with Crippen LogP contribution in [0.2, 0.25) is 0 Å². The summed E-state index contributed by atoms with van der Waals surface area (Å²) in [6.07, 6.45) is 8.21. The molecule has 0 atom stereocenters. The van der Waals surface area contributed by atoms with Gasteiger partial charge in [0.15, 0.2) is 17.5 Å². The summed E-state index contributed by atoms with van der Waals surface area (Å²) in [6, 6.07) is 87.5. The van der Waals surface area contributed by atoms with E-state index in [0.717, 1.165) is 77.6 Å². The third-order valence-corrected chi connectivity index (χ3v) is 15.3. The zero-order valence-corrected chi connectivity index (χ0v) is 41.8. The minimum Gasteiger partial charge on any atom is -0.309 e. The van der Waals surface area contributed by atoms with Crippen molar-refractivity contribution < 1.29 is 0 Å². The van der Waals surface area contributed by atoms with Crippen LogP contribution >= 0.6 is 0 Å². The topological polar surface area (TPSA) is 48.5 Å². The molecule has 1 aliphatic rings. The van der Waals surface area contributed by atoms with Gasteiger partial charge in [-0.1, -0.05) is 213 Å². The maximum atomic E-state index is 5.37. The van der Waals surface area contributed by atoms with Crippen molar-refractivity contribution in [1.82, 2.24) is 24.1 Å². The van der Waals surface area contributed by atoms with Crippen molar-refractivity contribution >= 4 is 49.2 Å². The highest BCUT2D eigenvalue weighted by molar-refractivity contribution is 6.15. The van der Waals surface area contributed by atoms with Gasteiger partial charge in [0.1, 0.15) is 0 Å². The maximum Gasteiger partial charge on any atom is 0.164 e. The Labute approximate surface area is 441 Å². The lowest BCUT2D eigenvalue weighted by Gasteiger charge is -2.42. The predicted octanol–water partition coefficient (Wildman–Crippen LogP) is 17.6. The predicted molar refractivity (Wildman–Crippen MR) is 315 cm³/mol. The highest BCUT2D eigenvalue weighted by Crippen LogP contribution is 2.55. The summed E-state index contributed by atoms with van der Waals surface area (Å²) in [7, 11) is 0. The van der Waals surface area contributed by atoms with E-state index in [1.54, 1.807) is 0 Å². The lowest BCUT2D eigenvalue weighted by atomic mass is 9.63. The van der Waals surface area contributed by atoms with E-state index in [2.05, 4.69) is 234 Å². The number of hydrogen-bond donors (Lipinski definition) is 0. The second-order valence-electron chi connectivity index (χ2n) is 19.6. The van der Waals surface area contributed by atoms with Crippen molar-refractivity contribution in [2.24, 2.45) is 0 Å². The van der Waals surface area contributed by atoms with E-state index >= 15 is 0 Å². The number of rotatable bonds is 10. The first-order valence-electron chi connectivity index (χ1n) is 25.9. The van der Waals surface area contributed by atoms with Gasteiger partial charge >= 0.3 is 0 Å². The molecule has 0 fully saturated rings. The number of allylic oxidation sites excluding steroid dienone is 5. The van der Waals surface area contributed by atoms with E-state index in [1.807, 2.05) is 55.5 Å². The zero-order chi connectivity index (χ0) is 50.7. The quantitative estimate of drug-likeness (QED) is 0.128. The SMILES string of the molecule is C=C(/C=C\C=C/C)c1ccc2c(c1)c1cc(-c3ccccc3)ccc1n2-c1ccc2c(c1)c1cc(-c3nc(-c4ccccc4)nc(-c4ccccc4)n3)cc3c1n2-c1ccccc1C3(c1ccccc1)c1ccccc1. The third kappa shape index (κ3) is 7.12. The Balaban J connectivity index is 1.09. The first-order valence-corrected chi connectivity index (χ1v) is 25.9. The molecule has 0 bridgehead atoms. The number of para-hydroxylation sites is 1. The van der Waals surface area contributed by atoms with Crippen LogP contribution in [-0.2, 0) is 5.41 Å². The molecule has 0 unspecified atom stereocenters. The molecule has 0 aliphatic carbocycles. The van der Waals surface area contributed by atoms with Gasteiger partial charge < -0.3 is 9.13 Å². The highest BCUT2D eigenvalue weighted by Gasteiger charge is 2.45.